The first-order valence-corrected chi connectivity index (χ1v) is 8.42. The van der Waals surface area contributed by atoms with Gasteiger partial charge in [-0.05, 0) is 47.1 Å². The lowest BCUT2D eigenvalue weighted by atomic mass is 9.87. The lowest BCUT2D eigenvalue weighted by Crippen LogP contribution is -2.03. The van der Waals surface area contributed by atoms with Gasteiger partial charge in [-0.15, -0.1) is 0 Å². The zero-order chi connectivity index (χ0) is 15.9. The molecule has 0 spiro atoms. The summed E-state index contributed by atoms with van der Waals surface area (Å²) < 4.78 is 6.00. The highest BCUT2D eigenvalue weighted by Gasteiger charge is 2.14. The summed E-state index contributed by atoms with van der Waals surface area (Å²) in [6, 6.07) is 16.9. The van der Waals surface area contributed by atoms with Gasteiger partial charge in [0.25, 0.3) is 0 Å². The van der Waals surface area contributed by atoms with Crippen LogP contribution in [0.15, 0.2) is 48.5 Å². The van der Waals surface area contributed by atoms with Gasteiger partial charge in [-0.1, -0.05) is 70.5 Å². The molecule has 0 saturated heterocycles. The Balaban J connectivity index is 2.17. The van der Waals surface area contributed by atoms with Gasteiger partial charge in [0, 0.05) is 0 Å². The second-order valence-electron chi connectivity index (χ2n) is 6.41. The maximum absolute atomic E-state index is 6.00. The van der Waals surface area contributed by atoms with E-state index in [1.807, 2.05) is 6.07 Å². The highest BCUT2D eigenvalue weighted by Crippen LogP contribution is 2.32. The number of rotatable bonds is 7. The van der Waals surface area contributed by atoms with Crippen molar-refractivity contribution in [2.24, 2.45) is 0 Å². The Labute approximate surface area is 135 Å². The van der Waals surface area contributed by atoms with Crippen molar-refractivity contribution in [2.75, 3.05) is 0 Å². The predicted octanol–water partition coefficient (Wildman–Crippen LogP) is 6.29. The van der Waals surface area contributed by atoms with Crippen LogP contribution in [0.3, 0.4) is 0 Å². The Kier molecular flexibility index (Phi) is 6.06. The standard InChI is InChI=1S/C21H28O/c1-5-9-17(4)21-14-19(12-13-20(21)16(2)3)22-15-18-10-7-6-8-11-18/h6-8,10-14,16-17H,5,9,15H2,1-4H3. The highest BCUT2D eigenvalue weighted by atomic mass is 16.5. The minimum absolute atomic E-state index is 0.553. The van der Waals surface area contributed by atoms with Crippen LogP contribution in [0.25, 0.3) is 0 Å². The summed E-state index contributed by atoms with van der Waals surface area (Å²) in [5.41, 5.74) is 4.11. The van der Waals surface area contributed by atoms with Crippen LogP contribution in [0.5, 0.6) is 5.75 Å². The second kappa shape index (κ2) is 8.03. The van der Waals surface area contributed by atoms with Gasteiger partial charge in [0.1, 0.15) is 12.4 Å². The lowest BCUT2D eigenvalue weighted by Gasteiger charge is -2.20. The quantitative estimate of drug-likeness (QED) is 0.583. The van der Waals surface area contributed by atoms with Crippen LogP contribution < -0.4 is 4.74 Å². The van der Waals surface area contributed by atoms with Crippen LogP contribution in [-0.4, -0.2) is 0 Å². The SMILES string of the molecule is CCCC(C)c1cc(OCc2ccccc2)ccc1C(C)C. The fraction of sp³-hybridized carbons (Fsp3) is 0.429. The molecule has 2 rings (SSSR count). The summed E-state index contributed by atoms with van der Waals surface area (Å²) >= 11 is 0. The molecule has 0 N–H and O–H groups in total. The van der Waals surface area contributed by atoms with Crippen LogP contribution >= 0.6 is 0 Å². The van der Waals surface area contributed by atoms with Gasteiger partial charge < -0.3 is 4.74 Å². The smallest absolute Gasteiger partial charge is 0.120 e. The molecule has 0 heterocycles. The van der Waals surface area contributed by atoms with E-state index < -0.39 is 0 Å². The molecule has 0 bridgehead atoms. The third-order valence-electron chi connectivity index (χ3n) is 4.18. The number of hydrogen-bond acceptors (Lipinski definition) is 1. The average molecular weight is 296 g/mol. The Morgan fingerprint density at radius 3 is 2.27 bits per heavy atom. The molecule has 2 aromatic rings. The molecule has 1 atom stereocenters. The van der Waals surface area contributed by atoms with Gasteiger partial charge in [0.15, 0.2) is 0 Å². The predicted molar refractivity (Wildman–Crippen MR) is 94.6 cm³/mol. The second-order valence-corrected chi connectivity index (χ2v) is 6.41. The molecule has 1 nitrogen and oxygen atoms in total. The first-order valence-electron chi connectivity index (χ1n) is 8.42. The fourth-order valence-corrected chi connectivity index (χ4v) is 2.92. The molecule has 1 heteroatoms. The number of benzene rings is 2. The zero-order valence-corrected chi connectivity index (χ0v) is 14.3. The minimum Gasteiger partial charge on any atom is -0.489 e. The van der Waals surface area contributed by atoms with Crippen molar-refractivity contribution in [1.29, 1.82) is 0 Å². The molecule has 0 radical (unpaired) electrons. The molecule has 0 fully saturated rings. The lowest BCUT2D eigenvalue weighted by molar-refractivity contribution is 0.305. The van der Waals surface area contributed by atoms with Gasteiger partial charge in [-0.3, -0.25) is 0 Å². The molecule has 1 unspecified atom stereocenters. The van der Waals surface area contributed by atoms with Gasteiger partial charge in [-0.25, -0.2) is 0 Å². The van der Waals surface area contributed by atoms with E-state index in [-0.39, 0.29) is 0 Å². The van der Waals surface area contributed by atoms with Crippen LogP contribution in [0, 0.1) is 0 Å². The van der Waals surface area contributed by atoms with Crippen molar-refractivity contribution in [1.82, 2.24) is 0 Å². The Bertz CT molecular complexity index is 572. The molecule has 0 saturated carbocycles. The van der Waals surface area contributed by atoms with Crippen LogP contribution in [0.1, 0.15) is 69.1 Å². The average Bonchev–Trinajstić information content (AvgIpc) is 2.53. The van der Waals surface area contributed by atoms with E-state index >= 15 is 0 Å². The molecule has 0 aromatic heterocycles. The van der Waals surface area contributed by atoms with Crippen molar-refractivity contribution in [3.8, 4) is 5.75 Å². The zero-order valence-electron chi connectivity index (χ0n) is 14.3. The third kappa shape index (κ3) is 4.37. The Morgan fingerprint density at radius 2 is 1.64 bits per heavy atom. The molecular weight excluding hydrogens is 268 g/mol. The maximum Gasteiger partial charge on any atom is 0.120 e. The number of hydrogen-bond donors (Lipinski definition) is 0. The van der Waals surface area contributed by atoms with E-state index in [1.165, 1.54) is 29.5 Å². The third-order valence-corrected chi connectivity index (χ3v) is 4.18. The van der Waals surface area contributed by atoms with Crippen molar-refractivity contribution in [3.05, 3.63) is 65.2 Å². The summed E-state index contributed by atoms with van der Waals surface area (Å²) in [6.45, 7) is 9.74. The fourth-order valence-electron chi connectivity index (χ4n) is 2.92. The topological polar surface area (TPSA) is 9.23 Å². The maximum atomic E-state index is 6.00. The summed E-state index contributed by atoms with van der Waals surface area (Å²) in [6.07, 6.45) is 2.44. The molecule has 2 aromatic carbocycles. The van der Waals surface area contributed by atoms with Crippen molar-refractivity contribution < 1.29 is 4.74 Å². The van der Waals surface area contributed by atoms with Gasteiger partial charge >= 0.3 is 0 Å². The minimum atomic E-state index is 0.553. The van der Waals surface area contributed by atoms with Crippen molar-refractivity contribution in [2.45, 2.75) is 59.0 Å². The van der Waals surface area contributed by atoms with E-state index in [1.54, 1.807) is 0 Å². The highest BCUT2D eigenvalue weighted by molar-refractivity contribution is 5.39. The van der Waals surface area contributed by atoms with Gasteiger partial charge in [-0.2, -0.15) is 0 Å². The molecule has 0 aliphatic carbocycles. The van der Waals surface area contributed by atoms with E-state index in [2.05, 4.69) is 70.2 Å². The van der Waals surface area contributed by atoms with E-state index in [0.29, 0.717) is 18.4 Å². The normalized spacial score (nSPS) is 12.4. The first kappa shape index (κ1) is 16.6. The molecule has 118 valence electrons. The largest absolute Gasteiger partial charge is 0.489 e. The van der Waals surface area contributed by atoms with Crippen molar-refractivity contribution in [3.63, 3.8) is 0 Å². The first-order chi connectivity index (χ1) is 10.6. The Morgan fingerprint density at radius 1 is 0.909 bits per heavy atom. The van der Waals surface area contributed by atoms with Crippen LogP contribution in [-0.2, 0) is 6.61 Å². The number of ether oxygens (including phenoxy) is 1. The van der Waals surface area contributed by atoms with Gasteiger partial charge in [0.2, 0.25) is 0 Å². The molecular formula is C21H28O. The summed E-state index contributed by atoms with van der Waals surface area (Å²) in [7, 11) is 0. The van der Waals surface area contributed by atoms with Crippen LogP contribution in [0.4, 0.5) is 0 Å². The van der Waals surface area contributed by atoms with Crippen molar-refractivity contribution >= 4 is 0 Å². The van der Waals surface area contributed by atoms with E-state index in [9.17, 15) is 0 Å². The molecule has 0 aliphatic heterocycles. The van der Waals surface area contributed by atoms with Gasteiger partial charge in [0.05, 0.1) is 0 Å². The summed E-state index contributed by atoms with van der Waals surface area (Å²) in [5, 5.41) is 0. The molecule has 0 aliphatic rings. The molecule has 22 heavy (non-hydrogen) atoms. The van der Waals surface area contributed by atoms with E-state index in [4.69, 9.17) is 4.74 Å². The molecule has 0 amide bonds. The van der Waals surface area contributed by atoms with Crippen LogP contribution in [0.2, 0.25) is 0 Å². The Hall–Kier alpha value is -1.76. The summed E-state index contributed by atoms with van der Waals surface area (Å²) in [4.78, 5) is 0. The summed E-state index contributed by atoms with van der Waals surface area (Å²) in [5.74, 6) is 2.12. The van der Waals surface area contributed by atoms with E-state index in [0.717, 1.165) is 5.75 Å². The monoisotopic (exact) mass is 296 g/mol.